The maximum Gasteiger partial charge on any atom is 0.304 e. The number of aliphatic carboxylic acids is 1. The summed E-state index contributed by atoms with van der Waals surface area (Å²) in [4.78, 5) is 11.1. The van der Waals surface area contributed by atoms with Crippen molar-refractivity contribution in [3.63, 3.8) is 0 Å². The molecule has 104 valence electrons. The first-order valence-electron chi connectivity index (χ1n) is 6.22. The van der Waals surface area contributed by atoms with Crippen LogP contribution in [-0.4, -0.2) is 18.2 Å². The van der Waals surface area contributed by atoms with E-state index in [1.54, 1.807) is 7.11 Å². The molecule has 0 heterocycles. The molecule has 0 saturated carbocycles. The zero-order valence-electron chi connectivity index (χ0n) is 11.0. The van der Waals surface area contributed by atoms with Crippen molar-refractivity contribution >= 4 is 21.9 Å². The van der Waals surface area contributed by atoms with Gasteiger partial charge in [0.25, 0.3) is 0 Å². The Hall–Kier alpha value is -1.81. The summed E-state index contributed by atoms with van der Waals surface area (Å²) in [6, 6.07) is 15.3. The molecule has 0 spiro atoms. The number of rotatable bonds is 5. The van der Waals surface area contributed by atoms with E-state index in [2.05, 4.69) is 15.9 Å². The van der Waals surface area contributed by atoms with Gasteiger partial charge in [-0.1, -0.05) is 36.4 Å². The van der Waals surface area contributed by atoms with Gasteiger partial charge < -0.3 is 9.84 Å². The molecule has 0 saturated heterocycles. The molecule has 1 unspecified atom stereocenters. The molecule has 0 amide bonds. The second-order valence-corrected chi connectivity index (χ2v) is 5.31. The third-order valence-electron chi connectivity index (χ3n) is 3.16. The van der Waals surface area contributed by atoms with Crippen molar-refractivity contribution in [3.05, 3.63) is 64.1 Å². The van der Waals surface area contributed by atoms with Crippen molar-refractivity contribution in [3.8, 4) is 5.75 Å². The monoisotopic (exact) mass is 334 g/mol. The Kier molecular flexibility index (Phi) is 4.79. The second-order valence-electron chi connectivity index (χ2n) is 4.46. The van der Waals surface area contributed by atoms with E-state index in [0.717, 1.165) is 21.3 Å². The molecular weight excluding hydrogens is 320 g/mol. The molecule has 1 N–H and O–H groups in total. The third kappa shape index (κ3) is 3.39. The van der Waals surface area contributed by atoms with E-state index in [1.165, 1.54) is 0 Å². The van der Waals surface area contributed by atoms with Crippen molar-refractivity contribution in [2.75, 3.05) is 7.11 Å². The number of ether oxygens (including phenoxy) is 1. The Bertz CT molecular complexity index is 596. The minimum atomic E-state index is -0.814. The second kappa shape index (κ2) is 6.57. The highest BCUT2D eigenvalue weighted by atomic mass is 79.9. The summed E-state index contributed by atoms with van der Waals surface area (Å²) in [7, 11) is 1.60. The smallest absolute Gasteiger partial charge is 0.304 e. The van der Waals surface area contributed by atoms with E-state index in [1.807, 2.05) is 48.5 Å². The lowest BCUT2D eigenvalue weighted by molar-refractivity contribution is -0.137. The molecule has 2 aromatic carbocycles. The van der Waals surface area contributed by atoms with Gasteiger partial charge in [-0.25, -0.2) is 0 Å². The topological polar surface area (TPSA) is 46.5 Å². The summed E-state index contributed by atoms with van der Waals surface area (Å²) in [6.45, 7) is 0. The van der Waals surface area contributed by atoms with Crippen LogP contribution in [-0.2, 0) is 4.79 Å². The largest absolute Gasteiger partial charge is 0.496 e. The van der Waals surface area contributed by atoms with Crippen molar-refractivity contribution in [2.24, 2.45) is 0 Å². The van der Waals surface area contributed by atoms with Crippen LogP contribution in [0.15, 0.2) is 53.0 Å². The average Bonchev–Trinajstić information content (AvgIpc) is 2.45. The zero-order valence-corrected chi connectivity index (χ0v) is 12.6. The van der Waals surface area contributed by atoms with Gasteiger partial charge in [-0.05, 0) is 39.2 Å². The number of hydrogen-bond donors (Lipinski definition) is 1. The Morgan fingerprint density at radius 2 is 1.90 bits per heavy atom. The summed E-state index contributed by atoms with van der Waals surface area (Å²) < 4.78 is 6.03. The van der Waals surface area contributed by atoms with Crippen LogP contribution < -0.4 is 4.74 Å². The summed E-state index contributed by atoms with van der Waals surface area (Å²) in [5.41, 5.74) is 1.94. The van der Waals surface area contributed by atoms with Crippen LogP contribution in [0.3, 0.4) is 0 Å². The molecule has 4 heteroatoms. The highest BCUT2D eigenvalue weighted by molar-refractivity contribution is 9.10. The minimum Gasteiger partial charge on any atom is -0.496 e. The zero-order chi connectivity index (χ0) is 14.5. The fourth-order valence-corrected chi connectivity index (χ4v) is 2.75. The van der Waals surface area contributed by atoms with Crippen molar-refractivity contribution in [2.45, 2.75) is 12.3 Å². The van der Waals surface area contributed by atoms with Gasteiger partial charge in [0, 0.05) is 5.92 Å². The van der Waals surface area contributed by atoms with Gasteiger partial charge in [0.1, 0.15) is 5.75 Å². The molecule has 0 bridgehead atoms. The van der Waals surface area contributed by atoms with Crippen LogP contribution in [0.1, 0.15) is 23.5 Å². The van der Waals surface area contributed by atoms with E-state index in [0.29, 0.717) is 0 Å². The van der Waals surface area contributed by atoms with Crippen molar-refractivity contribution in [1.82, 2.24) is 0 Å². The number of methoxy groups -OCH3 is 1. The van der Waals surface area contributed by atoms with E-state index in [4.69, 9.17) is 9.84 Å². The lowest BCUT2D eigenvalue weighted by Crippen LogP contribution is -2.08. The van der Waals surface area contributed by atoms with E-state index in [9.17, 15) is 4.79 Å². The normalized spacial score (nSPS) is 11.9. The number of carboxylic acid groups (broad SMARTS) is 1. The van der Waals surface area contributed by atoms with E-state index in [-0.39, 0.29) is 12.3 Å². The molecule has 1 atom stereocenters. The fraction of sp³-hybridized carbons (Fsp3) is 0.188. The Morgan fingerprint density at radius 3 is 2.45 bits per heavy atom. The summed E-state index contributed by atoms with van der Waals surface area (Å²) in [5, 5.41) is 9.14. The van der Waals surface area contributed by atoms with Crippen molar-refractivity contribution < 1.29 is 14.6 Å². The maximum atomic E-state index is 11.1. The van der Waals surface area contributed by atoms with Gasteiger partial charge in [0.05, 0.1) is 18.0 Å². The average molecular weight is 335 g/mol. The quantitative estimate of drug-likeness (QED) is 0.896. The maximum absolute atomic E-state index is 11.1. The predicted molar refractivity (Wildman–Crippen MR) is 81.2 cm³/mol. The molecule has 2 rings (SSSR count). The van der Waals surface area contributed by atoms with E-state index >= 15 is 0 Å². The highest BCUT2D eigenvalue weighted by Gasteiger charge is 2.18. The van der Waals surface area contributed by atoms with Crippen LogP contribution in [0.25, 0.3) is 0 Å². The highest BCUT2D eigenvalue weighted by Crippen LogP contribution is 2.33. The molecule has 0 aliphatic carbocycles. The summed E-state index contributed by atoms with van der Waals surface area (Å²) in [5.74, 6) is -0.252. The standard InChI is InChI=1S/C16H15BrO3/c1-20-15-8-7-12(9-14(15)17)13(10-16(18)19)11-5-3-2-4-6-11/h2-9,13H,10H2,1H3,(H,18,19). The first-order valence-corrected chi connectivity index (χ1v) is 7.01. The molecule has 0 radical (unpaired) electrons. The summed E-state index contributed by atoms with van der Waals surface area (Å²) in [6.07, 6.45) is 0.0583. The predicted octanol–water partition coefficient (Wildman–Crippen LogP) is 4.06. The van der Waals surface area contributed by atoms with Crippen LogP contribution >= 0.6 is 15.9 Å². The molecule has 0 aliphatic heterocycles. The van der Waals surface area contributed by atoms with Crippen molar-refractivity contribution in [1.29, 1.82) is 0 Å². The van der Waals surface area contributed by atoms with E-state index < -0.39 is 5.97 Å². The molecule has 20 heavy (non-hydrogen) atoms. The molecule has 2 aromatic rings. The Balaban J connectivity index is 2.41. The fourth-order valence-electron chi connectivity index (χ4n) is 2.19. The Morgan fingerprint density at radius 1 is 1.20 bits per heavy atom. The van der Waals surface area contributed by atoms with Crippen LogP contribution in [0.5, 0.6) is 5.75 Å². The molecular formula is C16H15BrO3. The molecule has 0 fully saturated rings. The Labute approximate surface area is 126 Å². The SMILES string of the molecule is COc1ccc(C(CC(=O)O)c2ccccc2)cc1Br. The molecule has 3 nitrogen and oxygen atoms in total. The van der Waals surface area contributed by atoms with Crippen LogP contribution in [0.2, 0.25) is 0 Å². The van der Waals surface area contributed by atoms with Gasteiger partial charge in [0.2, 0.25) is 0 Å². The third-order valence-corrected chi connectivity index (χ3v) is 3.78. The number of carboxylic acids is 1. The van der Waals surface area contributed by atoms with Gasteiger partial charge in [-0.3, -0.25) is 4.79 Å². The first kappa shape index (κ1) is 14.6. The lowest BCUT2D eigenvalue weighted by Gasteiger charge is -2.17. The lowest BCUT2D eigenvalue weighted by atomic mass is 9.88. The first-order chi connectivity index (χ1) is 9.61. The van der Waals surface area contributed by atoms with Crippen LogP contribution in [0.4, 0.5) is 0 Å². The van der Waals surface area contributed by atoms with Gasteiger partial charge in [-0.15, -0.1) is 0 Å². The molecule has 0 aromatic heterocycles. The van der Waals surface area contributed by atoms with Gasteiger partial charge >= 0.3 is 5.97 Å². The number of carbonyl (C=O) groups is 1. The van der Waals surface area contributed by atoms with Gasteiger partial charge in [-0.2, -0.15) is 0 Å². The summed E-state index contributed by atoms with van der Waals surface area (Å²) >= 11 is 3.44. The number of halogens is 1. The number of benzene rings is 2. The minimum absolute atomic E-state index is 0.0583. The van der Waals surface area contributed by atoms with Gasteiger partial charge in [0.15, 0.2) is 0 Å². The van der Waals surface area contributed by atoms with Crippen LogP contribution in [0, 0.1) is 0 Å². The molecule has 0 aliphatic rings. The number of hydrogen-bond acceptors (Lipinski definition) is 2.